The highest BCUT2D eigenvalue weighted by Gasteiger charge is 2.07. The first-order valence-corrected chi connectivity index (χ1v) is 8.46. The summed E-state index contributed by atoms with van der Waals surface area (Å²) in [5.74, 6) is 0.907. The second-order valence-corrected chi connectivity index (χ2v) is 4.78. The van der Waals surface area contributed by atoms with Gasteiger partial charge in [0.25, 0.3) is 0 Å². The highest BCUT2D eigenvalue weighted by atomic mass is 16.5. The van der Waals surface area contributed by atoms with Crippen LogP contribution in [-0.4, -0.2) is 11.7 Å². The average Bonchev–Trinajstić information content (AvgIpc) is 2.94. The third kappa shape index (κ3) is 4.62. The number of benzene rings is 2. The van der Waals surface area contributed by atoms with E-state index in [1.807, 2.05) is 33.8 Å². The summed E-state index contributed by atoms with van der Waals surface area (Å²) in [6.45, 7) is 11.1. The van der Waals surface area contributed by atoms with Gasteiger partial charge in [0.1, 0.15) is 5.75 Å². The number of hydrogen-bond acceptors (Lipinski definition) is 1. The van der Waals surface area contributed by atoms with Crippen LogP contribution in [-0.2, 0) is 6.54 Å². The van der Waals surface area contributed by atoms with E-state index < -0.39 is 0 Å². The normalized spacial score (nSPS) is 9.48. The lowest BCUT2D eigenvalue weighted by atomic mass is 10.2. The molecule has 2 nitrogen and oxygen atoms in total. The van der Waals surface area contributed by atoms with E-state index in [-0.39, 0.29) is 0 Å². The third-order valence-corrected chi connectivity index (χ3v) is 3.50. The highest BCUT2D eigenvalue weighted by Crippen LogP contribution is 2.25. The Balaban J connectivity index is 0.000000615. The van der Waals surface area contributed by atoms with Crippen molar-refractivity contribution in [1.82, 2.24) is 4.57 Å². The lowest BCUT2D eigenvalue weighted by molar-refractivity contribution is 0.415. The van der Waals surface area contributed by atoms with Crippen molar-refractivity contribution in [2.45, 2.75) is 41.2 Å². The molecule has 0 atom stereocenters. The molecule has 0 aliphatic carbocycles. The van der Waals surface area contributed by atoms with Crippen molar-refractivity contribution in [2.75, 3.05) is 7.11 Å². The maximum Gasteiger partial charge on any atom is 0.119 e. The summed E-state index contributed by atoms with van der Waals surface area (Å²) in [5, 5.41) is 1.23. The minimum Gasteiger partial charge on any atom is -0.497 e. The van der Waals surface area contributed by atoms with Crippen molar-refractivity contribution in [3.05, 3.63) is 65.9 Å². The first kappa shape index (κ1) is 18.8. The third-order valence-electron chi connectivity index (χ3n) is 3.50. The summed E-state index contributed by atoms with van der Waals surface area (Å²) in [6, 6.07) is 19.0. The number of aryl methyl sites for hydroxylation is 1. The number of hydrogen-bond donors (Lipinski definition) is 0. The van der Waals surface area contributed by atoms with E-state index in [2.05, 4.69) is 60.0 Å². The van der Waals surface area contributed by atoms with Gasteiger partial charge in [0, 0.05) is 23.1 Å². The molecule has 0 saturated carbocycles. The van der Waals surface area contributed by atoms with E-state index in [9.17, 15) is 0 Å². The van der Waals surface area contributed by atoms with Gasteiger partial charge in [0.05, 0.1) is 7.11 Å². The molecule has 2 aromatic carbocycles. The fourth-order valence-corrected chi connectivity index (χ4v) is 2.49. The lowest BCUT2D eigenvalue weighted by Gasteiger charge is -2.08. The molecule has 0 saturated heterocycles. The van der Waals surface area contributed by atoms with Crippen molar-refractivity contribution < 1.29 is 4.74 Å². The lowest BCUT2D eigenvalue weighted by Crippen LogP contribution is -2.01. The van der Waals surface area contributed by atoms with Gasteiger partial charge < -0.3 is 9.30 Å². The van der Waals surface area contributed by atoms with E-state index >= 15 is 0 Å². The zero-order valence-electron chi connectivity index (χ0n) is 15.3. The van der Waals surface area contributed by atoms with E-state index in [4.69, 9.17) is 4.74 Å². The summed E-state index contributed by atoms with van der Waals surface area (Å²) in [4.78, 5) is 0. The monoisotopic (exact) mass is 311 g/mol. The molecule has 0 bridgehead atoms. The van der Waals surface area contributed by atoms with Gasteiger partial charge in [-0.05, 0) is 36.8 Å². The highest BCUT2D eigenvalue weighted by molar-refractivity contribution is 5.83. The van der Waals surface area contributed by atoms with Crippen molar-refractivity contribution in [3.63, 3.8) is 0 Å². The Hall–Kier alpha value is -2.22. The van der Waals surface area contributed by atoms with Crippen LogP contribution in [0.25, 0.3) is 10.9 Å². The van der Waals surface area contributed by atoms with Gasteiger partial charge in [-0.1, -0.05) is 58.0 Å². The maximum atomic E-state index is 5.28. The molecule has 0 radical (unpaired) electrons. The van der Waals surface area contributed by atoms with E-state index in [0.29, 0.717) is 0 Å². The number of nitrogens with zero attached hydrogens (tertiary/aromatic N) is 1. The summed E-state index contributed by atoms with van der Waals surface area (Å²) < 4.78 is 7.62. The van der Waals surface area contributed by atoms with Gasteiger partial charge >= 0.3 is 0 Å². The molecule has 0 N–H and O–H groups in total. The fourth-order valence-electron chi connectivity index (χ4n) is 2.49. The fraction of sp³-hybridized carbons (Fsp3) is 0.333. The SMILES string of the molecule is CC.CC.COc1ccc2c(c1)cc(C)n2Cc1ccccc1. The number of rotatable bonds is 3. The van der Waals surface area contributed by atoms with Crippen LogP contribution >= 0.6 is 0 Å². The van der Waals surface area contributed by atoms with Crippen molar-refractivity contribution in [3.8, 4) is 5.75 Å². The van der Waals surface area contributed by atoms with Crippen LogP contribution in [0.1, 0.15) is 39.0 Å². The van der Waals surface area contributed by atoms with Crippen molar-refractivity contribution in [1.29, 1.82) is 0 Å². The van der Waals surface area contributed by atoms with Crippen molar-refractivity contribution >= 4 is 10.9 Å². The minimum atomic E-state index is 0.905. The average molecular weight is 311 g/mol. The van der Waals surface area contributed by atoms with Crippen LogP contribution in [0, 0.1) is 6.92 Å². The molecule has 23 heavy (non-hydrogen) atoms. The maximum absolute atomic E-state index is 5.28. The smallest absolute Gasteiger partial charge is 0.119 e. The number of methoxy groups -OCH3 is 1. The van der Waals surface area contributed by atoms with Crippen LogP contribution in [0.5, 0.6) is 5.75 Å². The molecule has 2 heteroatoms. The molecule has 0 fully saturated rings. The van der Waals surface area contributed by atoms with Gasteiger partial charge in [-0.15, -0.1) is 0 Å². The molecule has 0 unspecified atom stereocenters. The molecule has 0 amide bonds. The second-order valence-electron chi connectivity index (χ2n) is 4.78. The molecule has 0 spiro atoms. The molecular formula is C21H29NO. The molecule has 0 aliphatic rings. The summed E-state index contributed by atoms with van der Waals surface area (Å²) in [6.07, 6.45) is 0. The number of fused-ring (bicyclic) bond motifs is 1. The van der Waals surface area contributed by atoms with Crippen LogP contribution in [0.4, 0.5) is 0 Å². The predicted octanol–water partition coefficient (Wildman–Crippen LogP) is 6.06. The number of aromatic nitrogens is 1. The Morgan fingerprint density at radius 3 is 2.13 bits per heavy atom. The Morgan fingerprint density at radius 1 is 0.870 bits per heavy atom. The molecule has 3 aromatic rings. The van der Waals surface area contributed by atoms with Crippen LogP contribution in [0.2, 0.25) is 0 Å². The Morgan fingerprint density at radius 2 is 1.52 bits per heavy atom. The zero-order chi connectivity index (χ0) is 17.2. The quantitative estimate of drug-likeness (QED) is 0.573. The van der Waals surface area contributed by atoms with Crippen molar-refractivity contribution in [2.24, 2.45) is 0 Å². The summed E-state index contributed by atoms with van der Waals surface area (Å²) in [5.41, 5.74) is 3.84. The Bertz CT molecular complexity index is 698. The molecule has 1 heterocycles. The molecule has 124 valence electrons. The van der Waals surface area contributed by atoms with Crippen LogP contribution in [0.15, 0.2) is 54.6 Å². The standard InChI is InChI=1S/C17H17NO.2C2H6/c1-13-10-15-11-16(19-2)8-9-17(15)18(13)12-14-6-4-3-5-7-14;2*1-2/h3-11H,12H2,1-2H3;2*1-2H3. The Labute approximate surface area is 140 Å². The summed E-state index contributed by atoms with van der Waals surface area (Å²) in [7, 11) is 1.70. The van der Waals surface area contributed by atoms with Gasteiger partial charge in [-0.25, -0.2) is 0 Å². The topological polar surface area (TPSA) is 14.2 Å². The van der Waals surface area contributed by atoms with Crippen LogP contribution in [0.3, 0.4) is 0 Å². The number of ether oxygens (including phenoxy) is 1. The molecular weight excluding hydrogens is 282 g/mol. The van der Waals surface area contributed by atoms with Gasteiger partial charge in [0.15, 0.2) is 0 Å². The molecule has 1 aromatic heterocycles. The predicted molar refractivity (Wildman–Crippen MR) is 101 cm³/mol. The van der Waals surface area contributed by atoms with E-state index in [0.717, 1.165) is 12.3 Å². The first-order valence-electron chi connectivity index (χ1n) is 8.46. The van der Waals surface area contributed by atoms with Gasteiger partial charge in [0.2, 0.25) is 0 Å². The largest absolute Gasteiger partial charge is 0.497 e. The first-order chi connectivity index (χ1) is 11.3. The molecule has 3 rings (SSSR count). The second kappa shape index (κ2) is 9.73. The van der Waals surface area contributed by atoms with Gasteiger partial charge in [-0.2, -0.15) is 0 Å². The minimum absolute atomic E-state index is 0.905. The van der Waals surface area contributed by atoms with Crippen LogP contribution < -0.4 is 4.74 Å². The van der Waals surface area contributed by atoms with E-state index in [1.165, 1.54) is 22.2 Å². The Kier molecular flexibility index (Phi) is 7.96. The van der Waals surface area contributed by atoms with E-state index in [1.54, 1.807) is 7.11 Å². The zero-order valence-corrected chi connectivity index (χ0v) is 15.3. The molecule has 0 aliphatic heterocycles. The van der Waals surface area contributed by atoms with Gasteiger partial charge in [-0.3, -0.25) is 0 Å². The summed E-state index contributed by atoms with van der Waals surface area (Å²) >= 11 is 0.